The zero-order valence-corrected chi connectivity index (χ0v) is 10.6. The summed E-state index contributed by atoms with van der Waals surface area (Å²) < 4.78 is 0. The fourth-order valence-electron chi connectivity index (χ4n) is 2.01. The minimum absolute atomic E-state index is 0.360. The summed E-state index contributed by atoms with van der Waals surface area (Å²) in [7, 11) is 1.84. The lowest BCUT2D eigenvalue weighted by atomic mass is 10.0. The third kappa shape index (κ3) is 2.31. The van der Waals surface area contributed by atoms with Gasteiger partial charge in [-0.15, -0.1) is 0 Å². The summed E-state index contributed by atoms with van der Waals surface area (Å²) in [5.74, 6) is 1.02. The maximum atomic E-state index is 4.43. The van der Waals surface area contributed by atoms with Gasteiger partial charge in [-0.3, -0.25) is 4.99 Å². The number of aliphatic imine (C=N–C) groups is 1. The van der Waals surface area contributed by atoms with Crippen molar-refractivity contribution in [2.45, 2.75) is 19.9 Å². The van der Waals surface area contributed by atoms with Gasteiger partial charge in [0.1, 0.15) is 5.84 Å². The van der Waals surface area contributed by atoms with Crippen LogP contribution in [0.5, 0.6) is 0 Å². The molecule has 0 fully saturated rings. The normalized spacial score (nSPS) is 20.4. The van der Waals surface area contributed by atoms with Crippen LogP contribution in [0.4, 0.5) is 0 Å². The minimum atomic E-state index is 0.360. The highest BCUT2D eigenvalue weighted by Gasteiger charge is 2.19. The molecule has 0 amide bonds. The van der Waals surface area contributed by atoms with E-state index < -0.39 is 0 Å². The Balaban J connectivity index is 2.33. The number of amidine groups is 1. The first-order chi connectivity index (χ1) is 8.24. The highest BCUT2D eigenvalue weighted by molar-refractivity contribution is 5.99. The van der Waals surface area contributed by atoms with Gasteiger partial charge in [0.05, 0.1) is 6.04 Å². The van der Waals surface area contributed by atoms with Crippen LogP contribution < -0.4 is 0 Å². The van der Waals surface area contributed by atoms with Gasteiger partial charge in [0.2, 0.25) is 0 Å². The molecule has 1 heterocycles. The molecule has 0 aliphatic carbocycles. The second-order valence-corrected chi connectivity index (χ2v) is 4.25. The Labute approximate surface area is 103 Å². The average Bonchev–Trinajstić information content (AvgIpc) is 2.37. The molecule has 88 valence electrons. The molecule has 0 bridgehead atoms. The van der Waals surface area contributed by atoms with E-state index >= 15 is 0 Å². The van der Waals surface area contributed by atoms with Crippen molar-refractivity contribution in [3.05, 3.63) is 59.8 Å². The Morgan fingerprint density at radius 1 is 1.24 bits per heavy atom. The van der Waals surface area contributed by atoms with Gasteiger partial charge in [-0.1, -0.05) is 42.0 Å². The maximum Gasteiger partial charge on any atom is 0.135 e. The van der Waals surface area contributed by atoms with E-state index in [0.717, 1.165) is 11.4 Å². The third-order valence-electron chi connectivity index (χ3n) is 3.17. The van der Waals surface area contributed by atoms with E-state index in [2.05, 4.69) is 54.2 Å². The molecule has 0 radical (unpaired) electrons. The molecule has 0 aromatic heterocycles. The molecule has 1 aromatic carbocycles. The van der Waals surface area contributed by atoms with Crippen LogP contribution in [0.2, 0.25) is 0 Å². The average molecular weight is 226 g/mol. The van der Waals surface area contributed by atoms with E-state index in [1.54, 1.807) is 0 Å². The lowest BCUT2D eigenvalue weighted by Gasteiger charge is -2.31. The van der Waals surface area contributed by atoms with Crippen LogP contribution in [0.15, 0.2) is 59.2 Å². The zero-order valence-electron chi connectivity index (χ0n) is 10.6. The van der Waals surface area contributed by atoms with Crippen molar-refractivity contribution >= 4 is 5.84 Å². The predicted molar refractivity (Wildman–Crippen MR) is 73.1 cm³/mol. The number of hydrogen-bond acceptors (Lipinski definition) is 1. The number of benzene rings is 1. The van der Waals surface area contributed by atoms with Crippen LogP contribution in [0.1, 0.15) is 19.4 Å². The Kier molecular flexibility index (Phi) is 3.43. The van der Waals surface area contributed by atoms with Gasteiger partial charge in [-0.25, -0.2) is 0 Å². The monoisotopic (exact) mass is 226 g/mol. The summed E-state index contributed by atoms with van der Waals surface area (Å²) in [5, 5.41) is 0. The second kappa shape index (κ2) is 5.00. The first-order valence-corrected chi connectivity index (χ1v) is 5.89. The number of nitrogens with zero attached hydrogens (tertiary/aromatic N) is 2. The summed E-state index contributed by atoms with van der Waals surface area (Å²) in [5.41, 5.74) is 2.51. The van der Waals surface area contributed by atoms with Crippen LogP contribution in [0.3, 0.4) is 0 Å². The summed E-state index contributed by atoms with van der Waals surface area (Å²) in [6, 6.07) is 10.7. The van der Waals surface area contributed by atoms with Crippen LogP contribution in [-0.2, 0) is 0 Å². The lowest BCUT2D eigenvalue weighted by molar-refractivity contribution is 0.471. The van der Waals surface area contributed by atoms with Crippen molar-refractivity contribution < 1.29 is 0 Å². The molecule has 1 aromatic rings. The van der Waals surface area contributed by atoms with Crippen LogP contribution in [0.25, 0.3) is 0 Å². The fourth-order valence-corrected chi connectivity index (χ4v) is 2.01. The topological polar surface area (TPSA) is 15.6 Å². The quantitative estimate of drug-likeness (QED) is 0.530. The minimum Gasteiger partial charge on any atom is -0.326 e. The SMILES string of the molecule is CN=C(c1ccccc1)N1C=CC=C(C)C1C. The largest absolute Gasteiger partial charge is 0.326 e. The molecule has 2 rings (SSSR count). The van der Waals surface area contributed by atoms with Gasteiger partial charge in [-0.2, -0.15) is 0 Å². The van der Waals surface area contributed by atoms with E-state index in [0.29, 0.717) is 6.04 Å². The van der Waals surface area contributed by atoms with Gasteiger partial charge >= 0.3 is 0 Å². The Morgan fingerprint density at radius 2 is 1.94 bits per heavy atom. The highest BCUT2D eigenvalue weighted by Crippen LogP contribution is 2.19. The summed E-state index contributed by atoms with van der Waals surface area (Å²) in [4.78, 5) is 6.64. The standard InChI is InChI=1S/C15H18N2/c1-12-8-7-11-17(13(12)2)15(16-3)14-9-5-4-6-10-14/h4-11,13H,1-3H3. The zero-order chi connectivity index (χ0) is 12.3. The molecule has 0 N–H and O–H groups in total. The predicted octanol–water partition coefficient (Wildman–Crippen LogP) is 3.23. The number of allylic oxidation sites excluding steroid dienone is 2. The van der Waals surface area contributed by atoms with Gasteiger partial charge < -0.3 is 4.90 Å². The van der Waals surface area contributed by atoms with Gasteiger partial charge in [0, 0.05) is 18.8 Å². The molecule has 2 nitrogen and oxygen atoms in total. The first kappa shape index (κ1) is 11.6. The Hall–Kier alpha value is -1.83. The van der Waals surface area contributed by atoms with Crippen molar-refractivity contribution in [3.63, 3.8) is 0 Å². The van der Waals surface area contributed by atoms with Crippen molar-refractivity contribution in [3.8, 4) is 0 Å². The molecule has 1 unspecified atom stereocenters. The smallest absolute Gasteiger partial charge is 0.135 e. The Morgan fingerprint density at radius 3 is 2.59 bits per heavy atom. The lowest BCUT2D eigenvalue weighted by Crippen LogP contribution is -2.36. The van der Waals surface area contributed by atoms with Crippen molar-refractivity contribution in [2.75, 3.05) is 7.05 Å². The second-order valence-electron chi connectivity index (χ2n) is 4.25. The van der Waals surface area contributed by atoms with E-state index in [9.17, 15) is 0 Å². The molecule has 2 heteroatoms. The van der Waals surface area contributed by atoms with Crippen molar-refractivity contribution in [1.29, 1.82) is 0 Å². The van der Waals surface area contributed by atoms with Crippen LogP contribution in [0, 0.1) is 0 Å². The molecular weight excluding hydrogens is 208 g/mol. The summed E-state index contributed by atoms with van der Waals surface area (Å²) in [6.07, 6.45) is 6.32. The van der Waals surface area contributed by atoms with Gasteiger partial charge in [0.15, 0.2) is 0 Å². The molecule has 0 saturated carbocycles. The molecule has 17 heavy (non-hydrogen) atoms. The molecule has 0 spiro atoms. The maximum absolute atomic E-state index is 4.43. The molecule has 1 atom stereocenters. The number of hydrogen-bond donors (Lipinski definition) is 0. The molecule has 1 aliphatic rings. The van der Waals surface area contributed by atoms with Crippen molar-refractivity contribution in [1.82, 2.24) is 4.90 Å². The highest BCUT2D eigenvalue weighted by atomic mass is 15.2. The van der Waals surface area contributed by atoms with Gasteiger partial charge in [0.25, 0.3) is 0 Å². The molecule has 1 aliphatic heterocycles. The number of rotatable bonds is 1. The van der Waals surface area contributed by atoms with E-state index in [1.165, 1.54) is 5.57 Å². The van der Waals surface area contributed by atoms with Crippen LogP contribution >= 0.6 is 0 Å². The van der Waals surface area contributed by atoms with E-state index in [1.807, 2.05) is 25.2 Å². The summed E-state index contributed by atoms with van der Waals surface area (Å²) in [6.45, 7) is 4.35. The van der Waals surface area contributed by atoms with E-state index in [4.69, 9.17) is 0 Å². The van der Waals surface area contributed by atoms with Crippen LogP contribution in [-0.4, -0.2) is 23.8 Å². The van der Waals surface area contributed by atoms with Gasteiger partial charge in [-0.05, 0) is 19.9 Å². The molecular formula is C15H18N2. The first-order valence-electron chi connectivity index (χ1n) is 5.89. The molecule has 0 saturated heterocycles. The van der Waals surface area contributed by atoms with E-state index in [-0.39, 0.29) is 0 Å². The van der Waals surface area contributed by atoms with Crippen molar-refractivity contribution in [2.24, 2.45) is 4.99 Å². The third-order valence-corrected chi connectivity index (χ3v) is 3.17. The Bertz CT molecular complexity index is 469. The fraction of sp³-hybridized carbons (Fsp3) is 0.267. The summed E-state index contributed by atoms with van der Waals surface area (Å²) >= 11 is 0.